The van der Waals surface area contributed by atoms with Gasteiger partial charge in [0.15, 0.2) is 0 Å². The highest BCUT2D eigenvalue weighted by atomic mass is 35.5. The van der Waals surface area contributed by atoms with Crippen molar-refractivity contribution in [2.24, 2.45) is 5.92 Å². The third kappa shape index (κ3) is 4.72. The molecule has 3 atom stereocenters. The number of piperidine rings is 1. The summed E-state index contributed by atoms with van der Waals surface area (Å²) in [5, 5.41) is 0.0982. The Labute approximate surface area is 135 Å². The molecule has 2 heteroatoms. The Morgan fingerprint density at radius 2 is 1.67 bits per heavy atom. The van der Waals surface area contributed by atoms with Gasteiger partial charge < -0.3 is 0 Å². The molecule has 1 aromatic rings. The number of alkyl halides is 1. The van der Waals surface area contributed by atoms with Crippen LogP contribution in [0.25, 0.3) is 0 Å². The van der Waals surface area contributed by atoms with Crippen molar-refractivity contribution in [2.75, 3.05) is 6.54 Å². The topological polar surface area (TPSA) is 3.24 Å². The van der Waals surface area contributed by atoms with Gasteiger partial charge in [0.1, 0.15) is 0 Å². The van der Waals surface area contributed by atoms with Gasteiger partial charge in [-0.15, -0.1) is 11.6 Å². The molecule has 0 radical (unpaired) electrons. The van der Waals surface area contributed by atoms with Crippen LogP contribution in [0.15, 0.2) is 24.3 Å². The van der Waals surface area contributed by atoms with E-state index in [1.54, 1.807) is 0 Å². The molecule has 3 unspecified atom stereocenters. The van der Waals surface area contributed by atoms with Crippen LogP contribution in [-0.4, -0.2) is 23.5 Å². The monoisotopic (exact) mass is 307 g/mol. The molecular weight excluding hydrogens is 278 g/mol. The second kappa shape index (κ2) is 7.65. The van der Waals surface area contributed by atoms with Gasteiger partial charge in [0.05, 0.1) is 5.38 Å². The van der Waals surface area contributed by atoms with Crippen molar-refractivity contribution in [3.63, 3.8) is 0 Å². The van der Waals surface area contributed by atoms with Gasteiger partial charge in [0.2, 0.25) is 0 Å². The first-order valence-corrected chi connectivity index (χ1v) is 8.89. The number of benzene rings is 1. The van der Waals surface area contributed by atoms with E-state index < -0.39 is 0 Å². The van der Waals surface area contributed by atoms with Crippen LogP contribution in [0.3, 0.4) is 0 Å². The highest BCUT2D eigenvalue weighted by molar-refractivity contribution is 6.21. The van der Waals surface area contributed by atoms with Gasteiger partial charge in [0, 0.05) is 18.6 Å². The minimum absolute atomic E-state index is 0.0982. The van der Waals surface area contributed by atoms with Crippen LogP contribution in [0.5, 0.6) is 0 Å². The first kappa shape index (κ1) is 16.8. The van der Waals surface area contributed by atoms with Crippen molar-refractivity contribution < 1.29 is 0 Å². The van der Waals surface area contributed by atoms with Crippen molar-refractivity contribution in [2.45, 2.75) is 70.8 Å². The highest BCUT2D eigenvalue weighted by Gasteiger charge is 2.26. The number of nitrogens with zero attached hydrogens (tertiary/aromatic N) is 1. The second-order valence-corrected chi connectivity index (χ2v) is 7.66. The molecule has 1 aliphatic rings. The third-order valence-electron chi connectivity index (χ3n) is 4.73. The minimum atomic E-state index is 0.0982. The maximum Gasteiger partial charge on any atom is 0.0712 e. The number of rotatable bonds is 5. The molecule has 1 fully saturated rings. The van der Waals surface area contributed by atoms with Gasteiger partial charge in [-0.1, -0.05) is 44.5 Å². The maximum absolute atomic E-state index is 6.69. The first-order valence-electron chi connectivity index (χ1n) is 8.46. The second-order valence-electron chi connectivity index (χ2n) is 7.13. The van der Waals surface area contributed by atoms with Crippen molar-refractivity contribution in [3.8, 4) is 0 Å². The summed E-state index contributed by atoms with van der Waals surface area (Å²) < 4.78 is 0. The van der Waals surface area contributed by atoms with Gasteiger partial charge in [0.25, 0.3) is 0 Å². The largest absolute Gasteiger partial charge is 0.296 e. The Kier molecular flexibility index (Phi) is 6.13. The van der Waals surface area contributed by atoms with E-state index >= 15 is 0 Å². The van der Waals surface area contributed by atoms with Crippen molar-refractivity contribution in [1.82, 2.24) is 4.90 Å². The zero-order valence-electron chi connectivity index (χ0n) is 14.0. The summed E-state index contributed by atoms with van der Waals surface area (Å²) in [6.45, 7) is 10.2. The van der Waals surface area contributed by atoms with E-state index in [-0.39, 0.29) is 5.38 Å². The predicted molar refractivity (Wildman–Crippen MR) is 93.1 cm³/mol. The molecule has 1 aromatic carbocycles. The van der Waals surface area contributed by atoms with Crippen LogP contribution in [0.2, 0.25) is 0 Å². The molecule has 0 aromatic heterocycles. The molecule has 1 saturated heterocycles. The fourth-order valence-corrected chi connectivity index (χ4v) is 3.76. The average molecular weight is 308 g/mol. The quantitative estimate of drug-likeness (QED) is 0.656. The summed E-state index contributed by atoms with van der Waals surface area (Å²) in [6, 6.07) is 10.2. The molecule has 0 bridgehead atoms. The lowest BCUT2D eigenvalue weighted by Gasteiger charge is -2.40. The van der Waals surface area contributed by atoms with E-state index in [1.807, 2.05) is 0 Å². The lowest BCUT2D eigenvalue weighted by atomic mass is 9.96. The van der Waals surface area contributed by atoms with Crippen LogP contribution < -0.4 is 0 Å². The number of halogens is 1. The summed E-state index contributed by atoms with van der Waals surface area (Å²) in [5.41, 5.74) is 2.67. The highest BCUT2D eigenvalue weighted by Crippen LogP contribution is 2.29. The van der Waals surface area contributed by atoms with Gasteiger partial charge >= 0.3 is 0 Å². The van der Waals surface area contributed by atoms with E-state index in [9.17, 15) is 0 Å². The number of hydrogen-bond acceptors (Lipinski definition) is 1. The summed E-state index contributed by atoms with van der Waals surface area (Å²) >= 11 is 6.69. The molecule has 1 aliphatic heterocycles. The third-order valence-corrected chi connectivity index (χ3v) is 5.12. The van der Waals surface area contributed by atoms with E-state index in [0.29, 0.717) is 18.0 Å². The maximum atomic E-state index is 6.69. The van der Waals surface area contributed by atoms with E-state index in [2.05, 4.69) is 56.9 Å². The molecule has 0 aliphatic carbocycles. The van der Waals surface area contributed by atoms with Crippen LogP contribution in [0.4, 0.5) is 0 Å². The molecule has 2 rings (SSSR count). The average Bonchev–Trinajstić information content (AvgIpc) is 2.43. The summed E-state index contributed by atoms with van der Waals surface area (Å²) in [4.78, 5) is 2.59. The predicted octanol–water partition coefficient (Wildman–Crippen LogP) is 5.43. The Hall–Kier alpha value is -0.530. The smallest absolute Gasteiger partial charge is 0.0712 e. The SMILES string of the molecule is CC(C)Cc1ccc(C(Cl)CN2C(C)CCCC2C)cc1. The van der Waals surface area contributed by atoms with Crippen molar-refractivity contribution in [3.05, 3.63) is 35.4 Å². The van der Waals surface area contributed by atoms with E-state index in [1.165, 1.54) is 30.4 Å². The standard InChI is InChI=1S/C19H30ClN/c1-14(2)12-17-8-10-18(11-9-17)19(20)13-21-15(3)6-5-7-16(21)4/h8-11,14-16,19H,5-7,12-13H2,1-4H3. The Morgan fingerprint density at radius 1 is 1.10 bits per heavy atom. The van der Waals surface area contributed by atoms with E-state index in [0.717, 1.165) is 13.0 Å². The van der Waals surface area contributed by atoms with Gasteiger partial charge in [-0.2, -0.15) is 0 Å². The van der Waals surface area contributed by atoms with Crippen LogP contribution in [0, 0.1) is 5.92 Å². The Morgan fingerprint density at radius 3 is 2.19 bits per heavy atom. The normalized spacial score (nSPS) is 25.2. The van der Waals surface area contributed by atoms with Gasteiger partial charge in [-0.3, -0.25) is 4.90 Å². The molecule has 0 saturated carbocycles. The Balaban J connectivity index is 1.97. The molecule has 1 nitrogen and oxygen atoms in total. The number of hydrogen-bond donors (Lipinski definition) is 0. The summed E-state index contributed by atoms with van der Waals surface area (Å²) in [5.74, 6) is 0.706. The fraction of sp³-hybridized carbons (Fsp3) is 0.684. The van der Waals surface area contributed by atoms with Gasteiger partial charge in [-0.05, 0) is 50.2 Å². The molecule has 0 spiro atoms. The molecule has 1 heterocycles. The van der Waals surface area contributed by atoms with Crippen molar-refractivity contribution >= 4 is 11.6 Å². The molecule has 0 amide bonds. The van der Waals surface area contributed by atoms with Crippen LogP contribution >= 0.6 is 11.6 Å². The molecule has 21 heavy (non-hydrogen) atoms. The molecule has 118 valence electrons. The number of likely N-dealkylation sites (tertiary alicyclic amines) is 1. The minimum Gasteiger partial charge on any atom is -0.296 e. The molecule has 0 N–H and O–H groups in total. The summed E-state index contributed by atoms with van der Waals surface area (Å²) in [7, 11) is 0. The first-order chi connectivity index (χ1) is 9.97. The zero-order chi connectivity index (χ0) is 15.4. The summed E-state index contributed by atoms with van der Waals surface area (Å²) in [6.07, 6.45) is 5.12. The molecular formula is C19H30ClN. The van der Waals surface area contributed by atoms with Gasteiger partial charge in [-0.25, -0.2) is 0 Å². The zero-order valence-corrected chi connectivity index (χ0v) is 14.7. The lowest BCUT2D eigenvalue weighted by molar-refractivity contribution is 0.103. The fourth-order valence-electron chi connectivity index (χ4n) is 3.46. The van der Waals surface area contributed by atoms with Crippen LogP contribution in [0.1, 0.15) is 63.5 Å². The lowest BCUT2D eigenvalue weighted by Crippen LogP contribution is -2.45. The van der Waals surface area contributed by atoms with E-state index in [4.69, 9.17) is 11.6 Å². The van der Waals surface area contributed by atoms with Crippen LogP contribution in [-0.2, 0) is 6.42 Å². The van der Waals surface area contributed by atoms with Crippen molar-refractivity contribution in [1.29, 1.82) is 0 Å². The Bertz CT molecular complexity index is 416.